The SMILES string of the molecule is c1cc(C2=NC(c3ccc4c(c3)sc3ccccc34)NC(c3ccc4c(c3)sc3ccccc34)=N2)c2c(c1)oc1ccc(-c3cc(-n4c5ccccc5c5ccccc54)cc4sc5ccccc5c34)cc12. The summed E-state index contributed by atoms with van der Waals surface area (Å²) in [4.78, 5) is 11.0. The molecule has 5 aromatic heterocycles. The summed E-state index contributed by atoms with van der Waals surface area (Å²) in [5, 5.41) is 15.9. The standard InChI is InChI=1S/C63H36N4OS3/c1-6-18-49-39(12-1)40-13-2-7-19-50(40)67(49)38-33-47(60-45-16-5-10-23-55(45)71-58(60)34-38)35-26-29-51-48(30-35)59-46(17-11-20-52(59)68-51)63-65-61(36-24-27-43-41-14-3-8-21-53(41)69-56(43)31-36)64-62(66-63)37-25-28-44-42-15-4-9-22-54(42)70-57(44)32-37/h1-34,61H,(H,64,65,66). The third kappa shape index (κ3) is 5.96. The van der Waals surface area contributed by atoms with E-state index in [9.17, 15) is 0 Å². The van der Waals surface area contributed by atoms with Crippen LogP contribution in [0.5, 0.6) is 0 Å². The van der Waals surface area contributed by atoms with Gasteiger partial charge < -0.3 is 14.3 Å². The third-order valence-corrected chi connectivity index (χ3v) is 17.8. The first-order chi connectivity index (χ1) is 35.1. The van der Waals surface area contributed by atoms with Crippen LogP contribution in [0.1, 0.15) is 22.9 Å². The fourth-order valence-electron chi connectivity index (χ4n) is 11.3. The molecule has 332 valence electrons. The normalized spacial score (nSPS) is 14.3. The molecule has 10 aromatic carbocycles. The Kier molecular flexibility index (Phi) is 8.36. The molecule has 1 N–H and O–H groups in total. The Labute approximate surface area is 417 Å². The minimum Gasteiger partial charge on any atom is -0.456 e. The summed E-state index contributed by atoms with van der Waals surface area (Å²) in [5.74, 6) is 1.45. The maximum absolute atomic E-state index is 6.76. The van der Waals surface area contributed by atoms with Crippen molar-refractivity contribution in [2.24, 2.45) is 9.98 Å². The van der Waals surface area contributed by atoms with E-state index in [0.717, 1.165) is 55.7 Å². The summed E-state index contributed by atoms with van der Waals surface area (Å²) in [7, 11) is 0. The number of nitrogens with zero attached hydrogens (tertiary/aromatic N) is 3. The second kappa shape index (κ2) is 15.1. The van der Waals surface area contributed by atoms with E-state index in [0.29, 0.717) is 5.84 Å². The van der Waals surface area contributed by atoms with Crippen molar-refractivity contribution in [1.82, 2.24) is 9.88 Å². The molecule has 0 amide bonds. The summed E-state index contributed by atoms with van der Waals surface area (Å²) in [6, 6.07) is 74.9. The van der Waals surface area contributed by atoms with Gasteiger partial charge in [-0.05, 0) is 89.5 Å². The molecule has 0 spiro atoms. The third-order valence-electron chi connectivity index (χ3n) is 14.5. The zero-order valence-electron chi connectivity index (χ0n) is 37.7. The number of fused-ring (bicyclic) bond motifs is 15. The first-order valence-electron chi connectivity index (χ1n) is 23.8. The fraction of sp³-hybridized carbons (Fsp3) is 0.0159. The van der Waals surface area contributed by atoms with Crippen molar-refractivity contribution in [1.29, 1.82) is 0 Å². The first-order valence-corrected chi connectivity index (χ1v) is 26.3. The van der Waals surface area contributed by atoms with Crippen LogP contribution >= 0.6 is 34.0 Å². The van der Waals surface area contributed by atoms with Crippen LogP contribution in [0, 0.1) is 0 Å². The molecule has 1 unspecified atom stereocenters. The Bertz CT molecular complexity index is 4770. The molecule has 8 heteroatoms. The predicted octanol–water partition coefficient (Wildman–Crippen LogP) is 17.9. The average Bonchev–Trinajstić information content (AvgIpc) is 4.25. The lowest BCUT2D eigenvalue weighted by atomic mass is 9.96. The molecular weight excluding hydrogens is 925 g/mol. The molecule has 71 heavy (non-hydrogen) atoms. The number of para-hydroxylation sites is 2. The van der Waals surface area contributed by atoms with E-state index in [1.54, 1.807) is 0 Å². The van der Waals surface area contributed by atoms with Gasteiger partial charge in [-0.3, -0.25) is 0 Å². The lowest BCUT2D eigenvalue weighted by Gasteiger charge is -2.24. The van der Waals surface area contributed by atoms with Gasteiger partial charge in [0, 0.05) is 98.9 Å². The lowest BCUT2D eigenvalue weighted by Crippen LogP contribution is -2.33. The Hall–Kier alpha value is -8.40. The minimum absolute atomic E-state index is 0.391. The van der Waals surface area contributed by atoms with Gasteiger partial charge in [0.2, 0.25) is 0 Å². The maximum Gasteiger partial charge on any atom is 0.160 e. The van der Waals surface area contributed by atoms with Crippen molar-refractivity contribution in [3.8, 4) is 16.8 Å². The molecule has 15 aromatic rings. The number of aromatic nitrogens is 1. The Balaban J connectivity index is 0.904. The molecule has 16 rings (SSSR count). The zero-order chi connectivity index (χ0) is 46.3. The smallest absolute Gasteiger partial charge is 0.160 e. The molecule has 1 atom stereocenters. The molecule has 0 bridgehead atoms. The number of aliphatic imine (C=N–C) groups is 2. The molecule has 0 saturated heterocycles. The highest BCUT2D eigenvalue weighted by atomic mass is 32.1. The van der Waals surface area contributed by atoms with Crippen molar-refractivity contribution in [3.63, 3.8) is 0 Å². The van der Waals surface area contributed by atoms with Crippen molar-refractivity contribution in [3.05, 3.63) is 223 Å². The van der Waals surface area contributed by atoms with E-state index in [2.05, 4.69) is 216 Å². The van der Waals surface area contributed by atoms with Crippen LogP contribution in [-0.4, -0.2) is 16.2 Å². The van der Waals surface area contributed by atoms with Crippen molar-refractivity contribution >= 4 is 150 Å². The second-order valence-electron chi connectivity index (χ2n) is 18.4. The molecule has 0 radical (unpaired) electrons. The highest BCUT2D eigenvalue weighted by Gasteiger charge is 2.26. The predicted molar refractivity (Wildman–Crippen MR) is 304 cm³/mol. The summed E-state index contributed by atoms with van der Waals surface area (Å²) in [6.07, 6.45) is -0.391. The summed E-state index contributed by atoms with van der Waals surface area (Å²) in [6.45, 7) is 0. The van der Waals surface area contributed by atoms with Gasteiger partial charge >= 0.3 is 0 Å². The number of rotatable bonds is 5. The van der Waals surface area contributed by atoms with Gasteiger partial charge in [-0.25, -0.2) is 9.98 Å². The number of hydrogen-bond acceptors (Lipinski definition) is 7. The van der Waals surface area contributed by atoms with Gasteiger partial charge in [-0.15, -0.1) is 34.0 Å². The van der Waals surface area contributed by atoms with E-state index in [1.807, 2.05) is 34.0 Å². The molecule has 1 aliphatic rings. The Morgan fingerprint density at radius 2 is 1.01 bits per heavy atom. The number of benzene rings is 10. The van der Waals surface area contributed by atoms with Crippen LogP contribution in [-0.2, 0) is 0 Å². The van der Waals surface area contributed by atoms with Crippen molar-refractivity contribution in [2.45, 2.75) is 6.17 Å². The number of hydrogen-bond donors (Lipinski definition) is 1. The van der Waals surface area contributed by atoms with E-state index in [4.69, 9.17) is 14.4 Å². The second-order valence-corrected chi connectivity index (χ2v) is 21.7. The highest BCUT2D eigenvalue weighted by molar-refractivity contribution is 7.26. The van der Waals surface area contributed by atoms with Gasteiger partial charge in [0.05, 0.1) is 11.0 Å². The van der Waals surface area contributed by atoms with Crippen LogP contribution in [0.25, 0.3) is 121 Å². The van der Waals surface area contributed by atoms with Gasteiger partial charge in [0.15, 0.2) is 5.84 Å². The summed E-state index contributed by atoms with van der Waals surface area (Å²) < 4.78 is 16.7. The zero-order valence-corrected chi connectivity index (χ0v) is 40.1. The topological polar surface area (TPSA) is 54.8 Å². The van der Waals surface area contributed by atoms with Crippen LogP contribution in [0.15, 0.2) is 221 Å². The highest BCUT2D eigenvalue weighted by Crippen LogP contribution is 2.45. The van der Waals surface area contributed by atoms with Gasteiger partial charge in [-0.2, -0.15) is 0 Å². The van der Waals surface area contributed by atoms with E-state index in [-0.39, 0.29) is 0 Å². The van der Waals surface area contributed by atoms with Crippen molar-refractivity contribution < 1.29 is 4.42 Å². The number of nitrogens with one attached hydrogen (secondary N) is 1. The molecule has 0 saturated carbocycles. The molecule has 5 nitrogen and oxygen atoms in total. The number of furan rings is 1. The minimum atomic E-state index is -0.391. The summed E-state index contributed by atoms with van der Waals surface area (Å²) in [5.41, 5.74) is 10.5. The molecule has 1 aliphatic heterocycles. The monoisotopic (exact) mass is 960 g/mol. The average molecular weight is 961 g/mol. The maximum atomic E-state index is 6.76. The van der Waals surface area contributed by atoms with E-state index in [1.165, 1.54) is 87.9 Å². The Morgan fingerprint density at radius 1 is 0.408 bits per heavy atom. The molecular formula is C63H36N4OS3. The molecule has 6 heterocycles. The van der Waals surface area contributed by atoms with Gasteiger partial charge in [-0.1, -0.05) is 133 Å². The number of thiophene rings is 3. The van der Waals surface area contributed by atoms with Crippen molar-refractivity contribution in [2.75, 3.05) is 0 Å². The van der Waals surface area contributed by atoms with Crippen LogP contribution in [0.4, 0.5) is 0 Å². The quantitative estimate of drug-likeness (QED) is 0.187. The van der Waals surface area contributed by atoms with Crippen LogP contribution < -0.4 is 5.32 Å². The summed E-state index contributed by atoms with van der Waals surface area (Å²) >= 11 is 5.50. The molecule has 0 aliphatic carbocycles. The number of amidine groups is 2. The Morgan fingerprint density at radius 3 is 1.76 bits per heavy atom. The van der Waals surface area contributed by atoms with E-state index < -0.39 is 6.17 Å². The van der Waals surface area contributed by atoms with Gasteiger partial charge in [0.25, 0.3) is 0 Å². The largest absolute Gasteiger partial charge is 0.456 e. The lowest BCUT2D eigenvalue weighted by molar-refractivity contribution is 0.668. The van der Waals surface area contributed by atoms with Crippen LogP contribution in [0.3, 0.4) is 0 Å². The first kappa shape index (κ1) is 39.4. The van der Waals surface area contributed by atoms with Crippen LogP contribution in [0.2, 0.25) is 0 Å². The fourth-order valence-corrected chi connectivity index (χ4v) is 14.7. The van der Waals surface area contributed by atoms with Gasteiger partial charge in [0.1, 0.15) is 23.2 Å². The molecule has 0 fully saturated rings. The van der Waals surface area contributed by atoms with E-state index >= 15 is 0 Å².